The number of carbonyl (C=O) groups excluding carboxylic acids is 1. The maximum atomic E-state index is 11.9. The summed E-state index contributed by atoms with van der Waals surface area (Å²) < 4.78 is 21.5. The lowest BCUT2D eigenvalue weighted by atomic mass is 9.96. The van der Waals surface area contributed by atoms with Crippen LogP contribution in [0.5, 0.6) is 0 Å². The van der Waals surface area contributed by atoms with Crippen LogP contribution < -0.4 is 5.32 Å². The van der Waals surface area contributed by atoms with E-state index in [1.165, 1.54) is 13.8 Å². The van der Waals surface area contributed by atoms with E-state index in [0.29, 0.717) is 19.4 Å². The highest BCUT2D eigenvalue weighted by molar-refractivity contribution is 7.92. The van der Waals surface area contributed by atoms with Crippen LogP contribution >= 0.6 is 0 Å². The molecule has 0 aromatic rings. The van der Waals surface area contributed by atoms with Crippen molar-refractivity contribution in [3.63, 3.8) is 0 Å². The van der Waals surface area contributed by atoms with E-state index in [2.05, 4.69) is 5.32 Å². The molecule has 1 amide bonds. The van der Waals surface area contributed by atoms with E-state index in [-0.39, 0.29) is 12.3 Å². The van der Waals surface area contributed by atoms with Gasteiger partial charge in [0.05, 0.1) is 0 Å². The molecule has 118 valence electrons. The molecule has 0 aliphatic rings. The van der Waals surface area contributed by atoms with Crippen molar-refractivity contribution in [3.8, 4) is 0 Å². The van der Waals surface area contributed by atoms with Gasteiger partial charge in [-0.3, -0.25) is 9.59 Å². The molecule has 0 saturated carbocycles. The van der Waals surface area contributed by atoms with Gasteiger partial charge in [-0.05, 0) is 32.6 Å². The van der Waals surface area contributed by atoms with Gasteiger partial charge in [0.1, 0.15) is 4.75 Å². The van der Waals surface area contributed by atoms with Crippen LogP contribution in [0.15, 0.2) is 0 Å². The maximum absolute atomic E-state index is 11.9. The lowest BCUT2D eigenvalue weighted by Crippen LogP contribution is -2.47. The standard InChI is InChI=1S/C13H25NO5S/c1-5-10(6-7-11(15)16)8-9-14-12(17)13(2,3)20(4,18)19/h10H,5-9H2,1-4H3,(H,14,17)(H,15,16). The second kappa shape index (κ2) is 7.61. The van der Waals surface area contributed by atoms with Gasteiger partial charge < -0.3 is 10.4 Å². The number of amides is 1. The molecule has 1 unspecified atom stereocenters. The molecule has 7 heteroatoms. The number of nitrogens with one attached hydrogen (secondary N) is 1. The summed E-state index contributed by atoms with van der Waals surface area (Å²) in [4.78, 5) is 22.4. The molecular formula is C13H25NO5S. The van der Waals surface area contributed by atoms with Crippen molar-refractivity contribution >= 4 is 21.7 Å². The summed E-state index contributed by atoms with van der Waals surface area (Å²) in [5, 5.41) is 11.2. The Bertz CT molecular complexity index is 442. The van der Waals surface area contributed by atoms with Crippen molar-refractivity contribution in [1.82, 2.24) is 5.32 Å². The molecule has 1 atom stereocenters. The quantitative estimate of drug-likeness (QED) is 0.667. The van der Waals surface area contributed by atoms with E-state index >= 15 is 0 Å². The number of hydrogen-bond acceptors (Lipinski definition) is 4. The van der Waals surface area contributed by atoms with Gasteiger partial charge in [-0.25, -0.2) is 8.42 Å². The SMILES string of the molecule is CCC(CCNC(=O)C(C)(C)S(C)(=O)=O)CCC(=O)O. The zero-order chi connectivity index (χ0) is 16.0. The lowest BCUT2D eigenvalue weighted by Gasteiger charge is -2.22. The first kappa shape index (κ1) is 18.9. The van der Waals surface area contributed by atoms with Crippen LogP contribution in [0.3, 0.4) is 0 Å². The summed E-state index contributed by atoms with van der Waals surface area (Å²) in [6.45, 7) is 5.07. The van der Waals surface area contributed by atoms with Crippen LogP contribution in [-0.2, 0) is 19.4 Å². The fourth-order valence-electron chi connectivity index (χ4n) is 1.65. The first-order chi connectivity index (χ1) is 9.02. The Morgan fingerprint density at radius 2 is 1.80 bits per heavy atom. The molecule has 0 heterocycles. The van der Waals surface area contributed by atoms with Crippen LogP contribution in [0.4, 0.5) is 0 Å². The molecule has 0 spiro atoms. The molecule has 0 aromatic carbocycles. The number of carboxylic acids is 1. The molecule has 2 N–H and O–H groups in total. The summed E-state index contributed by atoms with van der Waals surface area (Å²) in [6, 6.07) is 0. The number of rotatable bonds is 9. The van der Waals surface area contributed by atoms with E-state index < -0.39 is 26.5 Å². The smallest absolute Gasteiger partial charge is 0.303 e. The summed E-state index contributed by atoms with van der Waals surface area (Å²) in [7, 11) is -3.47. The molecule has 20 heavy (non-hydrogen) atoms. The predicted molar refractivity (Wildman–Crippen MR) is 77.2 cm³/mol. The van der Waals surface area contributed by atoms with Crippen LogP contribution in [0, 0.1) is 5.92 Å². The summed E-state index contributed by atoms with van der Waals surface area (Å²) in [5.41, 5.74) is 0. The molecule has 0 saturated heterocycles. The first-order valence-electron chi connectivity index (χ1n) is 6.72. The number of carboxylic acid groups (broad SMARTS) is 1. The van der Waals surface area contributed by atoms with Gasteiger partial charge in [0.15, 0.2) is 9.84 Å². The third kappa shape index (κ3) is 5.90. The molecular weight excluding hydrogens is 282 g/mol. The van der Waals surface area contributed by atoms with Crippen molar-refractivity contribution in [2.45, 2.75) is 51.2 Å². The van der Waals surface area contributed by atoms with E-state index in [9.17, 15) is 18.0 Å². The minimum atomic E-state index is -3.47. The highest BCUT2D eigenvalue weighted by Gasteiger charge is 2.38. The van der Waals surface area contributed by atoms with E-state index in [1.54, 1.807) is 0 Å². The van der Waals surface area contributed by atoms with Crippen LogP contribution in [0.1, 0.15) is 46.5 Å². The normalized spacial score (nSPS) is 13.8. The fourth-order valence-corrected chi connectivity index (χ4v) is 2.06. The lowest BCUT2D eigenvalue weighted by molar-refractivity contribution is -0.137. The maximum Gasteiger partial charge on any atom is 0.303 e. The summed E-state index contributed by atoms with van der Waals surface area (Å²) >= 11 is 0. The second-order valence-corrected chi connectivity index (χ2v) is 8.10. The van der Waals surface area contributed by atoms with Gasteiger partial charge >= 0.3 is 5.97 Å². The number of sulfone groups is 1. The van der Waals surface area contributed by atoms with Crippen molar-refractivity contribution in [2.24, 2.45) is 5.92 Å². The minimum Gasteiger partial charge on any atom is -0.481 e. The zero-order valence-corrected chi connectivity index (χ0v) is 13.4. The van der Waals surface area contributed by atoms with Crippen molar-refractivity contribution < 1.29 is 23.1 Å². The largest absolute Gasteiger partial charge is 0.481 e. The molecule has 0 radical (unpaired) electrons. The Hall–Kier alpha value is -1.11. The van der Waals surface area contributed by atoms with Gasteiger partial charge in [0, 0.05) is 19.2 Å². The van der Waals surface area contributed by atoms with Gasteiger partial charge in [0.2, 0.25) is 5.91 Å². The van der Waals surface area contributed by atoms with Crippen LogP contribution in [-0.4, -0.2) is 42.9 Å². The van der Waals surface area contributed by atoms with E-state index in [1.807, 2.05) is 6.92 Å². The Morgan fingerprint density at radius 1 is 1.25 bits per heavy atom. The topological polar surface area (TPSA) is 101 Å². The predicted octanol–water partition coefficient (Wildman–Crippen LogP) is 1.21. The average Bonchev–Trinajstić information content (AvgIpc) is 2.31. The van der Waals surface area contributed by atoms with Crippen LogP contribution in [0.2, 0.25) is 0 Å². The van der Waals surface area contributed by atoms with Gasteiger partial charge in [0.25, 0.3) is 0 Å². The first-order valence-corrected chi connectivity index (χ1v) is 8.61. The minimum absolute atomic E-state index is 0.112. The Kier molecular flexibility index (Phi) is 7.19. The second-order valence-electron chi connectivity index (χ2n) is 5.53. The van der Waals surface area contributed by atoms with Crippen molar-refractivity contribution in [1.29, 1.82) is 0 Å². The average molecular weight is 307 g/mol. The van der Waals surface area contributed by atoms with Gasteiger partial charge in [-0.1, -0.05) is 13.3 Å². The Labute approximate surface area is 120 Å². The molecule has 0 aliphatic carbocycles. The number of hydrogen-bond donors (Lipinski definition) is 2. The molecule has 0 bridgehead atoms. The summed E-state index contributed by atoms with van der Waals surface area (Å²) in [6.07, 6.45) is 3.20. The third-order valence-corrected chi connectivity index (χ3v) is 5.70. The molecule has 6 nitrogen and oxygen atoms in total. The fraction of sp³-hybridized carbons (Fsp3) is 0.846. The summed E-state index contributed by atoms with van der Waals surface area (Å²) in [5.74, 6) is -1.13. The van der Waals surface area contributed by atoms with Crippen molar-refractivity contribution in [2.75, 3.05) is 12.8 Å². The third-order valence-electron chi connectivity index (χ3n) is 3.66. The molecule has 0 aromatic heterocycles. The van der Waals surface area contributed by atoms with E-state index in [0.717, 1.165) is 12.7 Å². The van der Waals surface area contributed by atoms with Gasteiger partial charge in [-0.2, -0.15) is 0 Å². The monoisotopic (exact) mass is 307 g/mol. The molecule has 0 aliphatic heterocycles. The highest BCUT2D eigenvalue weighted by atomic mass is 32.2. The van der Waals surface area contributed by atoms with E-state index in [4.69, 9.17) is 5.11 Å². The molecule has 0 fully saturated rings. The zero-order valence-electron chi connectivity index (χ0n) is 12.6. The number of carbonyl (C=O) groups is 2. The van der Waals surface area contributed by atoms with Crippen LogP contribution in [0.25, 0.3) is 0 Å². The van der Waals surface area contributed by atoms with Gasteiger partial charge in [-0.15, -0.1) is 0 Å². The Balaban J connectivity index is 4.29. The number of aliphatic carboxylic acids is 1. The highest BCUT2D eigenvalue weighted by Crippen LogP contribution is 2.17. The van der Waals surface area contributed by atoms with Crippen molar-refractivity contribution in [3.05, 3.63) is 0 Å². The Morgan fingerprint density at radius 3 is 2.20 bits per heavy atom. The molecule has 0 rings (SSSR count).